The van der Waals surface area contributed by atoms with Crippen molar-refractivity contribution >= 4 is 46.4 Å². The van der Waals surface area contributed by atoms with Gasteiger partial charge in [0.2, 0.25) is 0 Å². The average Bonchev–Trinajstić information content (AvgIpc) is 3.33. The van der Waals surface area contributed by atoms with Gasteiger partial charge in [-0.05, 0) is 72.8 Å². The second kappa shape index (κ2) is 6.19. The van der Waals surface area contributed by atoms with Crippen molar-refractivity contribution in [2.75, 3.05) is 0 Å². The third-order valence-electron chi connectivity index (χ3n) is 3.96. The van der Waals surface area contributed by atoms with Gasteiger partial charge in [-0.2, -0.15) is 0 Å². The van der Waals surface area contributed by atoms with Crippen molar-refractivity contribution in [2.24, 2.45) is 0 Å². The molecule has 0 fully saturated rings. The van der Waals surface area contributed by atoms with E-state index in [1.807, 2.05) is 66.8 Å². The molecule has 0 spiro atoms. The number of rotatable bonds is 0. The van der Waals surface area contributed by atoms with Crippen LogP contribution in [0.3, 0.4) is 0 Å². The van der Waals surface area contributed by atoms with Crippen LogP contribution in [-0.2, 0) is 16.5 Å². The molecule has 5 rings (SSSR count). The van der Waals surface area contributed by atoms with E-state index in [4.69, 9.17) is 1.37 Å². The van der Waals surface area contributed by atoms with Gasteiger partial charge in [0.05, 0.1) is 24.1 Å². The summed E-state index contributed by atoms with van der Waals surface area (Å²) in [5.41, 5.74) is 7.04. The predicted molar refractivity (Wildman–Crippen MR) is 98.9 cm³/mol. The summed E-state index contributed by atoms with van der Waals surface area (Å²) in [5, 5.41) is 0. The Bertz CT molecular complexity index is 1220. The monoisotopic (exact) mass is 369 g/mol. The minimum Gasteiger partial charge on any atom is -0.355 e. The summed E-state index contributed by atoms with van der Waals surface area (Å²) < 4.78 is 8.15. The number of nitrogens with one attached hydrogen (secondary N) is 2. The average molecular weight is 370 g/mol. The van der Waals surface area contributed by atoms with Crippen LogP contribution in [0.1, 0.15) is 24.1 Å². The van der Waals surface area contributed by atoms with E-state index in [0.717, 1.165) is 44.8 Å². The Hall–Kier alpha value is -2.91. The molecule has 0 unspecified atom stereocenters. The number of nitrogens with zero attached hydrogens (tertiary/aromatic N) is 2. The summed E-state index contributed by atoms with van der Waals surface area (Å²) in [7, 11) is 0. The molecule has 0 amide bonds. The van der Waals surface area contributed by atoms with E-state index in [9.17, 15) is 0 Å². The minimum absolute atomic E-state index is 0. The van der Waals surface area contributed by atoms with Crippen molar-refractivity contribution in [1.29, 1.82) is 0 Å². The summed E-state index contributed by atoms with van der Waals surface area (Å²) in [6.07, 6.45) is 7.91. The standard InChI is InChI=1S/C20H14N4.Ni/c1-2-14-10-16-5-6-18(23-16)12-20-8-7-19(24-20)11-17-4-3-15(22-17)9-13(1)21-14;/h1-12,21-22H;/i1D;. The molecule has 0 aliphatic carbocycles. The topological polar surface area (TPSA) is 57.4 Å². The van der Waals surface area contributed by atoms with Crippen LogP contribution in [-0.4, -0.2) is 19.9 Å². The second-order valence-corrected chi connectivity index (χ2v) is 5.82. The molecule has 5 heteroatoms. The summed E-state index contributed by atoms with van der Waals surface area (Å²) >= 11 is 0. The van der Waals surface area contributed by atoms with Crippen LogP contribution in [0.25, 0.3) is 46.4 Å². The third kappa shape index (κ3) is 3.19. The molecule has 0 aromatic carbocycles. The Balaban J connectivity index is 0.00000168. The smallest absolute Gasteiger partial charge is 0.0659 e. The first kappa shape index (κ1) is 14.4. The van der Waals surface area contributed by atoms with Crippen molar-refractivity contribution in [3.63, 3.8) is 0 Å². The van der Waals surface area contributed by atoms with Crippen molar-refractivity contribution < 1.29 is 17.9 Å². The molecular weight excluding hydrogens is 355 g/mol. The van der Waals surface area contributed by atoms with Gasteiger partial charge in [-0.25, -0.2) is 9.97 Å². The van der Waals surface area contributed by atoms with Crippen LogP contribution < -0.4 is 0 Å². The number of aromatic amines is 2. The molecule has 124 valence electrons. The number of fused-ring (bicyclic) bond motifs is 8. The first-order valence-corrected chi connectivity index (χ1v) is 7.76. The van der Waals surface area contributed by atoms with Crippen LogP contribution in [0, 0.1) is 0 Å². The Morgan fingerprint density at radius 1 is 0.600 bits per heavy atom. The quantitative estimate of drug-likeness (QED) is 0.390. The van der Waals surface area contributed by atoms with Crippen molar-refractivity contribution in [3.8, 4) is 0 Å². The van der Waals surface area contributed by atoms with E-state index >= 15 is 0 Å². The molecule has 5 heterocycles. The van der Waals surface area contributed by atoms with Crippen molar-refractivity contribution in [2.45, 2.75) is 0 Å². The SMILES string of the molecule is [2H]c1cc2cc3nc(cc4nc(cc5ccc(cc1[nH]2)[nH]5)C=C4)C=C3.[Ni]. The maximum Gasteiger partial charge on any atom is 0.0659 e. The Labute approximate surface area is 155 Å². The first-order chi connectivity index (χ1) is 12.2. The molecule has 3 aromatic heterocycles. The first-order valence-electron chi connectivity index (χ1n) is 8.26. The van der Waals surface area contributed by atoms with Gasteiger partial charge in [0.15, 0.2) is 0 Å². The number of H-pyrrole nitrogens is 2. The number of aromatic nitrogens is 4. The van der Waals surface area contributed by atoms with Crippen molar-refractivity contribution in [3.05, 3.63) is 71.3 Å². The van der Waals surface area contributed by atoms with Gasteiger partial charge in [0.25, 0.3) is 0 Å². The summed E-state index contributed by atoms with van der Waals surface area (Å²) in [6.45, 7) is 0. The number of hydrogen-bond donors (Lipinski definition) is 2. The molecule has 8 bridgehead atoms. The minimum atomic E-state index is 0. The third-order valence-corrected chi connectivity index (χ3v) is 3.96. The molecule has 0 saturated carbocycles. The van der Waals surface area contributed by atoms with E-state index in [1.165, 1.54) is 0 Å². The number of hydrogen-bond acceptors (Lipinski definition) is 2. The van der Waals surface area contributed by atoms with Gasteiger partial charge >= 0.3 is 0 Å². The van der Waals surface area contributed by atoms with E-state index in [1.54, 1.807) is 0 Å². The van der Waals surface area contributed by atoms with Gasteiger partial charge in [-0.1, -0.05) is 0 Å². The molecule has 25 heavy (non-hydrogen) atoms. The van der Waals surface area contributed by atoms with Gasteiger partial charge in [-0.3, -0.25) is 0 Å². The van der Waals surface area contributed by atoms with Gasteiger partial charge in [0.1, 0.15) is 0 Å². The van der Waals surface area contributed by atoms with E-state index < -0.39 is 0 Å². The fraction of sp³-hybridized carbons (Fsp3) is 0. The van der Waals surface area contributed by atoms with Crippen LogP contribution in [0.2, 0.25) is 0 Å². The molecule has 4 nitrogen and oxygen atoms in total. The molecular formula is C20H14N4Ni. The molecule has 2 N–H and O–H groups in total. The van der Waals surface area contributed by atoms with E-state index in [2.05, 4.69) is 19.9 Å². The van der Waals surface area contributed by atoms with Crippen LogP contribution in [0.15, 0.2) is 48.5 Å². The van der Waals surface area contributed by atoms with Crippen LogP contribution in [0.5, 0.6) is 0 Å². The van der Waals surface area contributed by atoms with Gasteiger partial charge in [-0.15, -0.1) is 0 Å². The van der Waals surface area contributed by atoms with Crippen LogP contribution in [0.4, 0.5) is 0 Å². The van der Waals surface area contributed by atoms with Crippen molar-refractivity contribution in [1.82, 2.24) is 19.9 Å². The normalized spacial score (nSPS) is 12.7. The maximum atomic E-state index is 8.15. The summed E-state index contributed by atoms with van der Waals surface area (Å²) in [4.78, 5) is 15.8. The summed E-state index contributed by atoms with van der Waals surface area (Å²) in [6, 6.07) is 14.1. The summed E-state index contributed by atoms with van der Waals surface area (Å²) in [5.74, 6) is 0. The molecule has 0 saturated heterocycles. The fourth-order valence-electron chi connectivity index (χ4n) is 2.87. The molecule has 2 aliphatic rings. The predicted octanol–water partition coefficient (Wildman–Crippen LogP) is 4.65. The molecule has 2 aliphatic heterocycles. The molecule has 0 atom stereocenters. The zero-order valence-electron chi connectivity index (χ0n) is 14.1. The maximum absolute atomic E-state index is 8.15. The Morgan fingerprint density at radius 3 is 1.72 bits per heavy atom. The van der Waals surface area contributed by atoms with Gasteiger partial charge in [0, 0.05) is 38.6 Å². The van der Waals surface area contributed by atoms with Crippen LogP contribution >= 0.6 is 0 Å². The Kier molecular flexibility index (Phi) is 3.57. The second-order valence-electron chi connectivity index (χ2n) is 5.82. The van der Waals surface area contributed by atoms with E-state index in [0.29, 0.717) is 6.04 Å². The zero-order chi connectivity index (χ0) is 16.8. The molecule has 0 radical (unpaired) electrons. The van der Waals surface area contributed by atoms with E-state index in [-0.39, 0.29) is 16.5 Å². The Morgan fingerprint density at radius 2 is 1.08 bits per heavy atom. The largest absolute Gasteiger partial charge is 0.355 e. The zero-order valence-corrected chi connectivity index (χ0v) is 14.0. The molecule has 3 aromatic rings. The fourth-order valence-corrected chi connectivity index (χ4v) is 2.87. The van der Waals surface area contributed by atoms with Gasteiger partial charge < -0.3 is 9.97 Å².